The third-order valence-electron chi connectivity index (χ3n) is 5.26. The molecule has 21 heavy (non-hydrogen) atoms. The van der Waals surface area contributed by atoms with Gasteiger partial charge in [-0.25, -0.2) is 0 Å². The predicted molar refractivity (Wildman–Crippen MR) is 89.6 cm³/mol. The molecule has 1 nitrogen and oxygen atoms in total. The number of rotatable bonds is 3. The Labute approximate surface area is 128 Å². The van der Waals surface area contributed by atoms with E-state index in [9.17, 15) is 5.11 Å². The van der Waals surface area contributed by atoms with Crippen molar-refractivity contribution >= 4 is 10.8 Å². The Morgan fingerprint density at radius 2 is 1.67 bits per heavy atom. The molecule has 1 fully saturated rings. The maximum Gasteiger partial charge on any atom is 0.0896 e. The number of hydrogen-bond acceptors (Lipinski definition) is 1. The van der Waals surface area contributed by atoms with Gasteiger partial charge in [-0.1, -0.05) is 63.4 Å². The number of hydrogen-bond donors (Lipinski definition) is 1. The summed E-state index contributed by atoms with van der Waals surface area (Å²) in [6, 6.07) is 13.3. The first-order valence-corrected chi connectivity index (χ1v) is 8.39. The Morgan fingerprint density at radius 1 is 1.00 bits per heavy atom. The molecule has 0 heterocycles. The van der Waals surface area contributed by atoms with Crippen LogP contribution in [0.1, 0.15) is 69.4 Å². The molecule has 0 spiro atoms. The van der Waals surface area contributed by atoms with Gasteiger partial charge >= 0.3 is 0 Å². The second kappa shape index (κ2) is 5.81. The SMILES string of the molecule is CCC(C)c1ccc2cc(C3(O)CCCCC3)ccc2c1. The van der Waals surface area contributed by atoms with Gasteiger partial charge in [0, 0.05) is 0 Å². The van der Waals surface area contributed by atoms with Gasteiger partial charge in [-0.3, -0.25) is 0 Å². The highest BCUT2D eigenvalue weighted by atomic mass is 16.3. The molecule has 3 rings (SSSR count). The lowest BCUT2D eigenvalue weighted by molar-refractivity contribution is -0.000507. The van der Waals surface area contributed by atoms with Gasteiger partial charge in [-0.15, -0.1) is 0 Å². The van der Waals surface area contributed by atoms with E-state index in [0.29, 0.717) is 5.92 Å². The molecule has 0 bridgehead atoms. The molecule has 0 aliphatic heterocycles. The van der Waals surface area contributed by atoms with E-state index in [1.54, 1.807) is 0 Å². The predicted octanol–water partition coefficient (Wildman–Crippen LogP) is 5.51. The summed E-state index contributed by atoms with van der Waals surface area (Å²) in [4.78, 5) is 0. The molecule has 112 valence electrons. The number of benzene rings is 2. The molecule has 1 heteroatoms. The normalized spacial score (nSPS) is 19.6. The van der Waals surface area contributed by atoms with E-state index in [1.807, 2.05) is 0 Å². The zero-order valence-electron chi connectivity index (χ0n) is 13.2. The van der Waals surface area contributed by atoms with Crippen molar-refractivity contribution in [2.24, 2.45) is 0 Å². The van der Waals surface area contributed by atoms with Crippen LogP contribution in [0, 0.1) is 0 Å². The fourth-order valence-corrected chi connectivity index (χ4v) is 3.52. The highest BCUT2D eigenvalue weighted by Gasteiger charge is 2.31. The van der Waals surface area contributed by atoms with Crippen LogP contribution in [0.3, 0.4) is 0 Å². The molecule has 0 aromatic heterocycles. The fraction of sp³-hybridized carbons (Fsp3) is 0.500. The van der Waals surface area contributed by atoms with Crippen molar-refractivity contribution in [3.05, 3.63) is 47.5 Å². The molecule has 0 saturated heterocycles. The minimum atomic E-state index is -0.595. The van der Waals surface area contributed by atoms with E-state index < -0.39 is 5.60 Å². The Hall–Kier alpha value is -1.34. The third kappa shape index (κ3) is 2.85. The maximum atomic E-state index is 10.9. The van der Waals surface area contributed by atoms with Gasteiger partial charge in [0.05, 0.1) is 5.60 Å². The summed E-state index contributed by atoms with van der Waals surface area (Å²) in [5, 5.41) is 13.4. The van der Waals surface area contributed by atoms with Crippen molar-refractivity contribution in [1.82, 2.24) is 0 Å². The van der Waals surface area contributed by atoms with Crippen molar-refractivity contribution in [3.63, 3.8) is 0 Å². The monoisotopic (exact) mass is 282 g/mol. The van der Waals surface area contributed by atoms with E-state index in [-0.39, 0.29) is 0 Å². The molecule has 1 aliphatic carbocycles. The maximum absolute atomic E-state index is 10.9. The van der Waals surface area contributed by atoms with E-state index in [0.717, 1.165) is 31.2 Å². The summed E-state index contributed by atoms with van der Waals surface area (Å²) in [6.07, 6.45) is 6.52. The average molecular weight is 282 g/mol. The summed E-state index contributed by atoms with van der Waals surface area (Å²) >= 11 is 0. The van der Waals surface area contributed by atoms with E-state index in [1.165, 1.54) is 29.2 Å². The molecule has 1 N–H and O–H groups in total. The summed E-state index contributed by atoms with van der Waals surface area (Å²) in [5.74, 6) is 0.608. The topological polar surface area (TPSA) is 20.2 Å². The molecule has 1 unspecified atom stereocenters. The Bertz CT molecular complexity index is 623. The molecule has 2 aromatic carbocycles. The first-order chi connectivity index (χ1) is 10.1. The van der Waals surface area contributed by atoms with Crippen LogP contribution in [0.4, 0.5) is 0 Å². The molecule has 0 radical (unpaired) electrons. The van der Waals surface area contributed by atoms with E-state index >= 15 is 0 Å². The molecule has 2 aromatic rings. The van der Waals surface area contributed by atoms with Crippen LogP contribution in [0.25, 0.3) is 10.8 Å². The van der Waals surface area contributed by atoms with Gasteiger partial charge in [0.1, 0.15) is 0 Å². The van der Waals surface area contributed by atoms with Gasteiger partial charge in [-0.05, 0) is 53.1 Å². The van der Waals surface area contributed by atoms with Gasteiger partial charge in [-0.2, -0.15) is 0 Å². The zero-order chi connectivity index (χ0) is 14.9. The minimum Gasteiger partial charge on any atom is -0.385 e. The van der Waals surface area contributed by atoms with E-state index in [2.05, 4.69) is 50.2 Å². The quantitative estimate of drug-likeness (QED) is 0.787. The van der Waals surface area contributed by atoms with Crippen molar-refractivity contribution < 1.29 is 5.11 Å². The van der Waals surface area contributed by atoms with Crippen LogP contribution < -0.4 is 0 Å². The standard InChI is InChI=1S/C20H26O/c1-3-15(2)16-7-8-18-14-19(10-9-17(18)13-16)20(21)11-5-4-6-12-20/h7-10,13-15,21H,3-6,11-12H2,1-2H3. The summed E-state index contributed by atoms with van der Waals surface area (Å²) in [7, 11) is 0. The Morgan fingerprint density at radius 3 is 2.38 bits per heavy atom. The molecule has 1 saturated carbocycles. The van der Waals surface area contributed by atoms with Crippen LogP contribution >= 0.6 is 0 Å². The van der Waals surface area contributed by atoms with Crippen molar-refractivity contribution in [2.45, 2.75) is 63.9 Å². The van der Waals surface area contributed by atoms with Crippen molar-refractivity contribution in [3.8, 4) is 0 Å². The molecular weight excluding hydrogens is 256 g/mol. The summed E-state index contributed by atoms with van der Waals surface area (Å²) < 4.78 is 0. The lowest BCUT2D eigenvalue weighted by atomic mass is 9.79. The van der Waals surface area contributed by atoms with Crippen molar-refractivity contribution in [1.29, 1.82) is 0 Å². The number of fused-ring (bicyclic) bond motifs is 1. The summed E-state index contributed by atoms with van der Waals surface area (Å²) in [5.41, 5.74) is 1.92. The van der Waals surface area contributed by atoms with Gasteiger partial charge < -0.3 is 5.11 Å². The average Bonchev–Trinajstić information content (AvgIpc) is 2.53. The van der Waals surface area contributed by atoms with Crippen LogP contribution in [0.2, 0.25) is 0 Å². The molecular formula is C20H26O. The molecule has 1 atom stereocenters. The lowest BCUT2D eigenvalue weighted by Crippen LogP contribution is -2.28. The molecule has 0 amide bonds. The highest BCUT2D eigenvalue weighted by Crippen LogP contribution is 2.38. The smallest absolute Gasteiger partial charge is 0.0896 e. The Balaban J connectivity index is 1.97. The van der Waals surface area contributed by atoms with E-state index in [4.69, 9.17) is 0 Å². The minimum absolute atomic E-state index is 0.595. The van der Waals surface area contributed by atoms with Crippen LogP contribution in [-0.4, -0.2) is 5.11 Å². The Kier molecular flexibility index (Phi) is 4.03. The van der Waals surface area contributed by atoms with Crippen LogP contribution in [0.15, 0.2) is 36.4 Å². The third-order valence-corrected chi connectivity index (χ3v) is 5.26. The first kappa shape index (κ1) is 14.6. The first-order valence-electron chi connectivity index (χ1n) is 8.39. The van der Waals surface area contributed by atoms with Crippen LogP contribution in [0.5, 0.6) is 0 Å². The van der Waals surface area contributed by atoms with Crippen LogP contribution in [-0.2, 0) is 5.60 Å². The largest absolute Gasteiger partial charge is 0.385 e. The van der Waals surface area contributed by atoms with Crippen molar-refractivity contribution in [2.75, 3.05) is 0 Å². The number of aliphatic hydroxyl groups is 1. The second-order valence-electron chi connectivity index (χ2n) is 6.72. The fourth-order valence-electron chi connectivity index (χ4n) is 3.52. The van der Waals surface area contributed by atoms with Gasteiger partial charge in [0.2, 0.25) is 0 Å². The second-order valence-corrected chi connectivity index (χ2v) is 6.72. The van der Waals surface area contributed by atoms with Gasteiger partial charge in [0.15, 0.2) is 0 Å². The van der Waals surface area contributed by atoms with Gasteiger partial charge in [0.25, 0.3) is 0 Å². The summed E-state index contributed by atoms with van der Waals surface area (Å²) in [6.45, 7) is 4.51. The highest BCUT2D eigenvalue weighted by molar-refractivity contribution is 5.84. The molecule has 1 aliphatic rings. The lowest BCUT2D eigenvalue weighted by Gasteiger charge is -2.32. The zero-order valence-corrected chi connectivity index (χ0v) is 13.2.